The third-order valence-electron chi connectivity index (χ3n) is 4.74. The lowest BCUT2D eigenvalue weighted by atomic mass is 9.90. The van der Waals surface area contributed by atoms with Crippen molar-refractivity contribution in [2.45, 2.75) is 25.9 Å². The van der Waals surface area contributed by atoms with E-state index in [-0.39, 0.29) is 17.4 Å². The third kappa shape index (κ3) is 3.13. The first-order valence-corrected chi connectivity index (χ1v) is 8.76. The van der Waals surface area contributed by atoms with Crippen LogP contribution in [0.4, 0.5) is 10.1 Å². The minimum atomic E-state index is -0.926. The Labute approximate surface area is 161 Å². The number of aliphatic imine (C=N–C) groups is 1. The number of aryl methyl sites for hydroxylation is 1. The number of nitrogens with two attached hydrogens (primary N) is 1. The van der Waals surface area contributed by atoms with E-state index in [1.54, 1.807) is 43.7 Å². The molecule has 3 aromatic rings. The minimum absolute atomic E-state index is 0.247. The number of anilines is 1. The van der Waals surface area contributed by atoms with Crippen LogP contribution in [-0.4, -0.2) is 26.3 Å². The summed E-state index contributed by atoms with van der Waals surface area (Å²) in [7, 11) is 0. The fourth-order valence-corrected chi connectivity index (χ4v) is 3.31. The van der Waals surface area contributed by atoms with Crippen molar-refractivity contribution in [1.29, 1.82) is 0 Å². The zero-order valence-corrected chi connectivity index (χ0v) is 15.5. The summed E-state index contributed by atoms with van der Waals surface area (Å²) in [6.45, 7) is 4.08. The number of fused-ring (bicyclic) bond motifs is 1. The minimum Gasteiger partial charge on any atom is -0.381 e. The average Bonchev–Trinajstić information content (AvgIpc) is 3.12. The highest BCUT2D eigenvalue weighted by Crippen LogP contribution is 2.34. The third-order valence-corrected chi connectivity index (χ3v) is 4.74. The molecule has 7 nitrogen and oxygen atoms in total. The lowest BCUT2D eigenvalue weighted by molar-refractivity contribution is 0.102. The number of hydrogen-bond donors (Lipinski definition) is 2. The molecule has 28 heavy (non-hydrogen) atoms. The molecule has 1 aliphatic heterocycles. The number of rotatable bonds is 3. The molecule has 1 amide bonds. The Balaban J connectivity index is 1.65. The molecular formula is C20H19FN6O. The van der Waals surface area contributed by atoms with Crippen LogP contribution >= 0.6 is 0 Å². The standard InChI is InChI=1S/C20H19FN6O/c1-12-3-6-16(24-10-12)19(28)25-13-4-5-15(21)14(9-13)20(2)11-27-8-7-23-18(27)17(22)26-20/h3-10H,11H2,1-2H3,(H2,22,26)(H,25,28). The van der Waals surface area contributed by atoms with Gasteiger partial charge in [0.25, 0.3) is 5.91 Å². The number of aromatic nitrogens is 3. The Bertz CT molecular complexity index is 1090. The van der Waals surface area contributed by atoms with Crippen LogP contribution in [0, 0.1) is 12.7 Å². The maximum Gasteiger partial charge on any atom is 0.274 e. The second kappa shape index (κ2) is 6.56. The lowest BCUT2D eigenvalue weighted by Crippen LogP contribution is -2.37. The number of carbonyl (C=O) groups excluding carboxylic acids is 1. The van der Waals surface area contributed by atoms with E-state index in [1.165, 1.54) is 12.1 Å². The van der Waals surface area contributed by atoms with Crippen molar-refractivity contribution in [2.75, 3.05) is 5.32 Å². The zero-order valence-electron chi connectivity index (χ0n) is 15.5. The van der Waals surface area contributed by atoms with Gasteiger partial charge in [-0.05, 0) is 43.7 Å². The molecule has 3 heterocycles. The van der Waals surface area contributed by atoms with Crippen LogP contribution in [0.5, 0.6) is 0 Å². The molecule has 0 aliphatic carbocycles. The Morgan fingerprint density at radius 1 is 1.29 bits per heavy atom. The summed E-state index contributed by atoms with van der Waals surface area (Å²) in [5.74, 6) is 0.0181. The van der Waals surface area contributed by atoms with Gasteiger partial charge in [-0.1, -0.05) is 6.07 Å². The molecule has 0 radical (unpaired) electrons. The summed E-state index contributed by atoms with van der Waals surface area (Å²) >= 11 is 0. The van der Waals surface area contributed by atoms with Crippen LogP contribution in [-0.2, 0) is 12.1 Å². The molecule has 2 aromatic heterocycles. The van der Waals surface area contributed by atoms with Gasteiger partial charge in [-0.15, -0.1) is 0 Å². The molecule has 8 heteroatoms. The quantitative estimate of drug-likeness (QED) is 0.732. The van der Waals surface area contributed by atoms with Crippen molar-refractivity contribution in [1.82, 2.24) is 14.5 Å². The van der Waals surface area contributed by atoms with Crippen LogP contribution in [0.25, 0.3) is 0 Å². The molecule has 1 atom stereocenters. The number of amidine groups is 1. The topological polar surface area (TPSA) is 98.2 Å². The fraction of sp³-hybridized carbons (Fsp3) is 0.200. The molecule has 142 valence electrons. The Morgan fingerprint density at radius 2 is 2.11 bits per heavy atom. The fourth-order valence-electron chi connectivity index (χ4n) is 3.31. The van der Waals surface area contributed by atoms with Crippen LogP contribution in [0.1, 0.15) is 34.4 Å². The van der Waals surface area contributed by atoms with Crippen molar-refractivity contribution >= 4 is 17.4 Å². The van der Waals surface area contributed by atoms with Crippen molar-refractivity contribution in [3.63, 3.8) is 0 Å². The summed E-state index contributed by atoms with van der Waals surface area (Å²) in [5, 5.41) is 2.76. The van der Waals surface area contributed by atoms with Crippen molar-refractivity contribution in [3.05, 3.63) is 77.4 Å². The molecule has 1 aromatic carbocycles. The van der Waals surface area contributed by atoms with Gasteiger partial charge in [0.2, 0.25) is 0 Å². The van der Waals surface area contributed by atoms with Crippen LogP contribution < -0.4 is 11.1 Å². The maximum absolute atomic E-state index is 14.7. The van der Waals surface area contributed by atoms with E-state index in [2.05, 4.69) is 20.3 Å². The molecular weight excluding hydrogens is 359 g/mol. The number of carbonyl (C=O) groups is 1. The Morgan fingerprint density at radius 3 is 2.86 bits per heavy atom. The van der Waals surface area contributed by atoms with E-state index in [1.807, 2.05) is 11.5 Å². The largest absolute Gasteiger partial charge is 0.381 e. The van der Waals surface area contributed by atoms with E-state index in [0.717, 1.165) is 5.56 Å². The summed E-state index contributed by atoms with van der Waals surface area (Å²) in [6.07, 6.45) is 5.03. The summed E-state index contributed by atoms with van der Waals surface area (Å²) in [5.41, 5.74) is 7.13. The number of nitrogens with one attached hydrogen (secondary N) is 1. The van der Waals surface area contributed by atoms with Gasteiger partial charge in [0, 0.05) is 29.8 Å². The number of hydrogen-bond acceptors (Lipinski definition) is 5. The van der Waals surface area contributed by atoms with Gasteiger partial charge in [-0.3, -0.25) is 14.8 Å². The van der Waals surface area contributed by atoms with E-state index in [0.29, 0.717) is 23.6 Å². The second-order valence-corrected chi connectivity index (χ2v) is 7.02. The summed E-state index contributed by atoms with van der Waals surface area (Å²) < 4.78 is 16.5. The maximum atomic E-state index is 14.7. The van der Waals surface area contributed by atoms with E-state index >= 15 is 0 Å². The van der Waals surface area contributed by atoms with Crippen LogP contribution in [0.3, 0.4) is 0 Å². The van der Waals surface area contributed by atoms with E-state index in [4.69, 9.17) is 5.73 Å². The van der Waals surface area contributed by atoms with Crippen molar-refractivity contribution in [2.24, 2.45) is 10.7 Å². The molecule has 0 bridgehead atoms. The van der Waals surface area contributed by atoms with Crippen molar-refractivity contribution < 1.29 is 9.18 Å². The molecule has 0 saturated heterocycles. The molecule has 4 rings (SSSR count). The van der Waals surface area contributed by atoms with Gasteiger partial charge in [0.05, 0.1) is 6.54 Å². The number of nitrogens with zero attached hydrogens (tertiary/aromatic N) is 4. The predicted molar refractivity (Wildman–Crippen MR) is 104 cm³/mol. The number of imidazole rings is 1. The number of pyridine rings is 1. The number of benzene rings is 1. The highest BCUT2D eigenvalue weighted by molar-refractivity contribution is 6.02. The first kappa shape index (κ1) is 17.8. The van der Waals surface area contributed by atoms with Crippen molar-refractivity contribution in [3.8, 4) is 0 Å². The molecule has 1 unspecified atom stereocenters. The zero-order chi connectivity index (χ0) is 19.9. The normalized spacial score (nSPS) is 18.3. The highest BCUT2D eigenvalue weighted by atomic mass is 19.1. The predicted octanol–water partition coefficient (Wildman–Crippen LogP) is 2.61. The van der Waals surface area contributed by atoms with Gasteiger partial charge in [0.1, 0.15) is 17.1 Å². The average molecular weight is 378 g/mol. The van der Waals surface area contributed by atoms with Gasteiger partial charge in [0.15, 0.2) is 11.7 Å². The summed E-state index contributed by atoms with van der Waals surface area (Å²) in [4.78, 5) is 25.2. The SMILES string of the molecule is Cc1ccc(C(=O)Nc2ccc(F)c(C3(C)Cn4ccnc4C(N)=N3)c2)nc1. The molecule has 0 saturated carbocycles. The summed E-state index contributed by atoms with van der Waals surface area (Å²) in [6, 6.07) is 7.85. The molecule has 3 N–H and O–H groups in total. The van der Waals surface area contributed by atoms with Gasteiger partial charge in [-0.2, -0.15) is 0 Å². The first-order chi connectivity index (χ1) is 13.4. The monoisotopic (exact) mass is 378 g/mol. The molecule has 0 fully saturated rings. The Kier molecular flexibility index (Phi) is 4.18. The number of halogens is 1. The van der Waals surface area contributed by atoms with Gasteiger partial charge < -0.3 is 15.6 Å². The van der Waals surface area contributed by atoms with E-state index in [9.17, 15) is 9.18 Å². The van der Waals surface area contributed by atoms with E-state index < -0.39 is 11.4 Å². The lowest BCUT2D eigenvalue weighted by Gasteiger charge is -2.31. The smallest absolute Gasteiger partial charge is 0.274 e. The number of amides is 1. The molecule has 0 spiro atoms. The first-order valence-electron chi connectivity index (χ1n) is 8.76. The van der Waals surface area contributed by atoms with Crippen LogP contribution in [0.15, 0.2) is 53.9 Å². The van der Waals surface area contributed by atoms with Gasteiger partial charge >= 0.3 is 0 Å². The highest BCUT2D eigenvalue weighted by Gasteiger charge is 2.35. The van der Waals surface area contributed by atoms with Crippen LogP contribution in [0.2, 0.25) is 0 Å². The Hall–Kier alpha value is -3.55. The second-order valence-electron chi connectivity index (χ2n) is 7.02. The molecule has 1 aliphatic rings. The van der Waals surface area contributed by atoms with Gasteiger partial charge in [-0.25, -0.2) is 9.37 Å².